The van der Waals surface area contributed by atoms with Gasteiger partial charge in [-0.1, -0.05) is 36.7 Å². The first-order valence-corrected chi connectivity index (χ1v) is 20.3. The number of fused-ring (bicyclic) bond motifs is 3. The minimum atomic E-state index is -3.95. The summed E-state index contributed by atoms with van der Waals surface area (Å²) in [7, 11) is -0.321. The van der Waals surface area contributed by atoms with Crippen LogP contribution in [-0.2, 0) is 32.5 Å². The van der Waals surface area contributed by atoms with Crippen LogP contribution in [0.25, 0.3) is 0 Å². The number of nitrogens with one attached hydrogen (secondary N) is 1. The maximum atomic E-state index is 13.6. The summed E-state index contributed by atoms with van der Waals surface area (Å²) >= 11 is 6.39. The molecule has 2 aromatic carbocycles. The van der Waals surface area contributed by atoms with Crippen molar-refractivity contribution in [3.8, 4) is 5.75 Å². The zero-order valence-electron chi connectivity index (χ0n) is 30.0. The molecule has 0 aromatic heterocycles. The smallest absolute Gasteiger partial charge is 0.264 e. The number of hydrogen-bond acceptors (Lipinski definition) is 8. The number of carbonyl (C=O) groups excluding carboxylic acids is 1. The highest BCUT2D eigenvalue weighted by molar-refractivity contribution is 7.90. The van der Waals surface area contributed by atoms with E-state index in [-0.39, 0.29) is 11.8 Å². The number of likely N-dealkylation sites (tertiary alicyclic amines) is 1. The number of ether oxygens (including phenoxy) is 3. The van der Waals surface area contributed by atoms with E-state index in [9.17, 15) is 13.2 Å². The van der Waals surface area contributed by atoms with Crippen LogP contribution >= 0.6 is 11.6 Å². The molecule has 2 aromatic rings. The Morgan fingerprint density at radius 1 is 1.00 bits per heavy atom. The van der Waals surface area contributed by atoms with Crippen LogP contribution in [0.15, 0.2) is 48.6 Å². The SMILES string of the molecule is COC1CCN(C[C@]2(OC)/C=C/C[C@H](C)[C@@H](C)S(=O)(=O)NC(=O)c3ccc4c(c3)N(CCCCc3cc(Cl)ccc3CO4)C[C@@H]3CC[C@H]32)CC1. The van der Waals surface area contributed by atoms with E-state index in [4.69, 9.17) is 25.8 Å². The van der Waals surface area contributed by atoms with E-state index in [0.717, 1.165) is 88.9 Å². The number of methoxy groups -OCH3 is 2. The van der Waals surface area contributed by atoms with Gasteiger partial charge in [0, 0.05) is 57.5 Å². The summed E-state index contributed by atoms with van der Waals surface area (Å²) in [5.41, 5.74) is 2.86. The molecule has 0 unspecified atom stereocenters. The van der Waals surface area contributed by atoms with Gasteiger partial charge in [-0.05, 0) is 118 Å². The highest BCUT2D eigenvalue weighted by Gasteiger charge is 2.48. The largest absolute Gasteiger partial charge is 0.487 e. The summed E-state index contributed by atoms with van der Waals surface area (Å²) in [6.45, 7) is 8.21. The second kappa shape index (κ2) is 15.9. The second-order valence-electron chi connectivity index (χ2n) is 14.9. The number of halogens is 1. The normalized spacial score (nSPS) is 30.4. The van der Waals surface area contributed by atoms with Gasteiger partial charge < -0.3 is 19.1 Å². The quantitative estimate of drug-likeness (QED) is 0.351. The summed E-state index contributed by atoms with van der Waals surface area (Å²) in [6.07, 6.45) is 12.1. The molecule has 6 rings (SSSR count). The summed E-state index contributed by atoms with van der Waals surface area (Å²) in [5, 5.41) is -0.0621. The third-order valence-electron chi connectivity index (χ3n) is 11.9. The van der Waals surface area contributed by atoms with Crippen molar-refractivity contribution in [1.29, 1.82) is 0 Å². The van der Waals surface area contributed by atoms with Gasteiger partial charge in [0.2, 0.25) is 10.0 Å². The molecule has 2 bridgehead atoms. The van der Waals surface area contributed by atoms with Crippen LogP contribution < -0.4 is 14.4 Å². The van der Waals surface area contributed by atoms with E-state index in [1.807, 2.05) is 44.4 Å². The molecule has 9 nitrogen and oxygen atoms in total. The number of amides is 1. The fourth-order valence-electron chi connectivity index (χ4n) is 8.28. The Morgan fingerprint density at radius 2 is 1.80 bits per heavy atom. The van der Waals surface area contributed by atoms with Crippen molar-refractivity contribution in [2.75, 3.05) is 51.8 Å². The Labute approximate surface area is 303 Å². The summed E-state index contributed by atoms with van der Waals surface area (Å²) in [5.74, 6) is 0.453. The minimum Gasteiger partial charge on any atom is -0.487 e. The van der Waals surface area contributed by atoms with Crippen LogP contribution in [0.2, 0.25) is 5.02 Å². The van der Waals surface area contributed by atoms with E-state index >= 15 is 0 Å². The van der Waals surface area contributed by atoms with Gasteiger partial charge in [0.05, 0.1) is 17.0 Å². The molecule has 1 amide bonds. The lowest BCUT2D eigenvalue weighted by atomic mass is 9.63. The molecule has 50 heavy (non-hydrogen) atoms. The minimum absolute atomic E-state index is 0.220. The maximum Gasteiger partial charge on any atom is 0.264 e. The topological polar surface area (TPSA) is 97.4 Å². The molecule has 3 heterocycles. The lowest BCUT2D eigenvalue weighted by Gasteiger charge is -2.51. The second-order valence-corrected chi connectivity index (χ2v) is 17.4. The first-order chi connectivity index (χ1) is 24.0. The highest BCUT2D eigenvalue weighted by Crippen LogP contribution is 2.47. The maximum absolute atomic E-state index is 13.6. The molecule has 0 radical (unpaired) electrons. The molecular formula is C39H54ClN3O6S. The Balaban J connectivity index is 1.38. The van der Waals surface area contributed by atoms with Gasteiger partial charge in [-0.15, -0.1) is 0 Å². The van der Waals surface area contributed by atoms with E-state index in [0.29, 0.717) is 41.4 Å². The fourth-order valence-corrected chi connectivity index (χ4v) is 9.76. The van der Waals surface area contributed by atoms with Crippen molar-refractivity contribution in [3.63, 3.8) is 0 Å². The zero-order valence-corrected chi connectivity index (χ0v) is 31.6. The lowest BCUT2D eigenvalue weighted by molar-refractivity contribution is -0.0973. The lowest BCUT2D eigenvalue weighted by Crippen LogP contribution is -2.57. The van der Waals surface area contributed by atoms with Crippen LogP contribution in [0.1, 0.15) is 80.3 Å². The molecule has 1 saturated heterocycles. The first-order valence-electron chi connectivity index (χ1n) is 18.3. The van der Waals surface area contributed by atoms with Gasteiger partial charge in [0.1, 0.15) is 18.0 Å². The predicted octanol–water partition coefficient (Wildman–Crippen LogP) is 6.63. The van der Waals surface area contributed by atoms with Crippen molar-refractivity contribution < 1.29 is 27.4 Å². The molecule has 1 N–H and O–H groups in total. The van der Waals surface area contributed by atoms with E-state index < -0.39 is 26.8 Å². The van der Waals surface area contributed by atoms with Crippen LogP contribution in [-0.4, -0.2) is 83.1 Å². The zero-order chi connectivity index (χ0) is 35.5. The van der Waals surface area contributed by atoms with E-state index in [1.54, 1.807) is 20.1 Å². The third kappa shape index (κ3) is 8.20. The van der Waals surface area contributed by atoms with Crippen LogP contribution in [0, 0.1) is 17.8 Å². The molecule has 0 spiro atoms. The van der Waals surface area contributed by atoms with Gasteiger partial charge in [-0.25, -0.2) is 13.1 Å². The number of aryl methyl sites for hydroxylation is 1. The third-order valence-corrected chi connectivity index (χ3v) is 14.0. The number of anilines is 1. The van der Waals surface area contributed by atoms with Crippen LogP contribution in [0.3, 0.4) is 0 Å². The van der Waals surface area contributed by atoms with Gasteiger partial charge in [-0.2, -0.15) is 0 Å². The van der Waals surface area contributed by atoms with E-state index in [1.165, 1.54) is 5.56 Å². The predicted molar refractivity (Wildman–Crippen MR) is 199 cm³/mol. The number of allylic oxidation sites excluding steroid dienone is 1. The Morgan fingerprint density at radius 3 is 2.52 bits per heavy atom. The number of benzene rings is 2. The number of rotatable bonds is 4. The molecule has 11 heteroatoms. The molecule has 1 saturated carbocycles. The van der Waals surface area contributed by atoms with Crippen molar-refractivity contribution in [3.05, 3.63) is 70.3 Å². The number of sulfonamides is 1. The molecule has 1 aliphatic carbocycles. The summed E-state index contributed by atoms with van der Waals surface area (Å²) in [6, 6.07) is 11.3. The van der Waals surface area contributed by atoms with Gasteiger partial charge in [0.25, 0.3) is 5.91 Å². The van der Waals surface area contributed by atoms with Crippen molar-refractivity contribution >= 4 is 33.2 Å². The van der Waals surface area contributed by atoms with Gasteiger partial charge >= 0.3 is 0 Å². The molecule has 5 atom stereocenters. The summed E-state index contributed by atoms with van der Waals surface area (Å²) in [4.78, 5) is 18.4. The molecular weight excluding hydrogens is 674 g/mol. The molecule has 3 aliphatic heterocycles. The Hall–Kier alpha value is -2.63. The number of hydrogen-bond donors (Lipinski definition) is 1. The van der Waals surface area contributed by atoms with Crippen LogP contribution in [0.4, 0.5) is 5.69 Å². The number of nitrogens with zero attached hydrogens (tertiary/aromatic N) is 2. The average Bonchev–Trinajstić information content (AvgIpc) is 3.12. The standard InChI is InChI=1S/C39H54ClN3O6S/c1-27-8-7-18-39(48-4,26-42-20-16-34(47-3)17-21-42)35-14-11-31(35)24-43-19-6-5-9-29-22-33(40)13-10-32(29)25-49-37-15-12-30(23-36(37)43)38(44)41-50(45,46)28(27)2/h7,10,12-13,15,18,22-23,27-28,31,34-35H,5-6,8-9,11,14,16-17,19-21,24-26H2,1-4H3,(H,41,44)/b18-7+/t27-,28+,31-,35+,39+/m0/s1. The highest BCUT2D eigenvalue weighted by atomic mass is 35.5. The molecule has 4 aliphatic rings. The molecule has 274 valence electrons. The Bertz CT molecular complexity index is 1640. The van der Waals surface area contributed by atoms with Crippen molar-refractivity contribution in [2.24, 2.45) is 17.8 Å². The first kappa shape index (κ1) is 37.1. The fraction of sp³-hybridized carbons (Fsp3) is 0.615. The number of piperidine rings is 1. The van der Waals surface area contributed by atoms with Crippen LogP contribution in [0.5, 0.6) is 5.75 Å². The van der Waals surface area contributed by atoms with E-state index in [2.05, 4.69) is 26.7 Å². The average molecular weight is 728 g/mol. The molecule has 2 fully saturated rings. The van der Waals surface area contributed by atoms with Crippen molar-refractivity contribution in [1.82, 2.24) is 9.62 Å². The van der Waals surface area contributed by atoms with Gasteiger partial charge in [0.15, 0.2) is 0 Å². The van der Waals surface area contributed by atoms with Crippen molar-refractivity contribution in [2.45, 2.75) is 88.8 Å². The summed E-state index contributed by atoms with van der Waals surface area (Å²) < 4.78 is 48.2. The Kier molecular flexibility index (Phi) is 11.8. The van der Waals surface area contributed by atoms with Gasteiger partial charge in [-0.3, -0.25) is 9.69 Å². The monoisotopic (exact) mass is 727 g/mol. The number of carbonyl (C=O) groups is 1.